The molecule has 1 heterocycles. The summed E-state index contributed by atoms with van der Waals surface area (Å²) in [6.45, 7) is 4.16. The zero-order valence-corrected chi connectivity index (χ0v) is 9.95. The molecule has 1 aromatic carbocycles. The van der Waals surface area contributed by atoms with E-state index in [0.717, 1.165) is 22.4 Å². The van der Waals surface area contributed by atoms with Crippen LogP contribution in [0, 0.1) is 5.41 Å². The van der Waals surface area contributed by atoms with Crippen LogP contribution in [0.5, 0.6) is 0 Å². The molecule has 17 heavy (non-hydrogen) atoms. The van der Waals surface area contributed by atoms with Crippen LogP contribution < -0.4 is 0 Å². The summed E-state index contributed by atoms with van der Waals surface area (Å²) < 4.78 is 0. The van der Waals surface area contributed by atoms with E-state index in [1.54, 1.807) is 6.08 Å². The summed E-state index contributed by atoms with van der Waals surface area (Å²) in [6, 6.07) is 7.91. The lowest BCUT2D eigenvalue weighted by molar-refractivity contribution is -0.114. The standard InChI is InChI=1S/C14H14N2O/c1-14(2)8-9(17)7-10(14)13-15-11-5-3-4-6-12(11)16-13/h3-7H,8H2,1-2H3,(H,15,16). The van der Waals surface area contributed by atoms with Gasteiger partial charge in [0.25, 0.3) is 0 Å². The average molecular weight is 226 g/mol. The van der Waals surface area contributed by atoms with Crippen LogP contribution in [0.15, 0.2) is 30.3 Å². The van der Waals surface area contributed by atoms with Gasteiger partial charge >= 0.3 is 0 Å². The SMILES string of the molecule is CC1(C)CC(=O)C=C1c1nc2ccccc2[nH]1. The van der Waals surface area contributed by atoms with Gasteiger partial charge in [-0.2, -0.15) is 0 Å². The first kappa shape index (κ1) is 10.3. The van der Waals surface area contributed by atoms with Crippen LogP contribution in [0.2, 0.25) is 0 Å². The zero-order valence-electron chi connectivity index (χ0n) is 9.95. The van der Waals surface area contributed by atoms with E-state index >= 15 is 0 Å². The predicted octanol–water partition coefficient (Wildman–Crippen LogP) is 2.95. The van der Waals surface area contributed by atoms with Gasteiger partial charge in [0.2, 0.25) is 0 Å². The number of imidazole rings is 1. The largest absolute Gasteiger partial charge is 0.338 e. The second-order valence-corrected chi connectivity index (χ2v) is 5.19. The van der Waals surface area contributed by atoms with Crippen molar-refractivity contribution in [2.45, 2.75) is 20.3 Å². The quantitative estimate of drug-likeness (QED) is 0.812. The minimum Gasteiger partial charge on any atom is -0.338 e. The Bertz CT molecular complexity index is 601. The van der Waals surface area contributed by atoms with E-state index < -0.39 is 0 Å². The molecule has 1 aromatic heterocycles. The van der Waals surface area contributed by atoms with Crippen LogP contribution in [-0.2, 0) is 4.79 Å². The number of H-pyrrole nitrogens is 1. The second-order valence-electron chi connectivity index (χ2n) is 5.19. The molecule has 0 aliphatic heterocycles. The van der Waals surface area contributed by atoms with E-state index in [4.69, 9.17) is 0 Å². The molecular formula is C14H14N2O. The number of aromatic amines is 1. The Morgan fingerprint density at radius 2 is 2.06 bits per heavy atom. The smallest absolute Gasteiger partial charge is 0.156 e. The predicted molar refractivity (Wildman–Crippen MR) is 67.5 cm³/mol. The molecule has 0 saturated carbocycles. The summed E-state index contributed by atoms with van der Waals surface area (Å²) in [5, 5.41) is 0. The van der Waals surface area contributed by atoms with Crippen molar-refractivity contribution in [1.82, 2.24) is 9.97 Å². The lowest BCUT2D eigenvalue weighted by Crippen LogP contribution is -2.11. The van der Waals surface area contributed by atoms with E-state index in [2.05, 4.69) is 23.8 Å². The summed E-state index contributed by atoms with van der Waals surface area (Å²) in [5.41, 5.74) is 2.85. The molecule has 3 nitrogen and oxygen atoms in total. The number of allylic oxidation sites excluding steroid dienone is 2. The lowest BCUT2D eigenvalue weighted by atomic mass is 9.85. The fourth-order valence-corrected chi connectivity index (χ4v) is 2.41. The molecule has 3 rings (SSSR count). The number of nitrogens with zero attached hydrogens (tertiary/aromatic N) is 1. The average Bonchev–Trinajstić information content (AvgIpc) is 2.78. The van der Waals surface area contributed by atoms with Crippen LogP contribution in [0.4, 0.5) is 0 Å². The molecule has 1 N–H and O–H groups in total. The van der Waals surface area contributed by atoms with E-state index in [1.807, 2.05) is 24.3 Å². The summed E-state index contributed by atoms with van der Waals surface area (Å²) in [6.07, 6.45) is 2.29. The van der Waals surface area contributed by atoms with E-state index in [1.165, 1.54) is 0 Å². The topological polar surface area (TPSA) is 45.8 Å². The van der Waals surface area contributed by atoms with Gasteiger partial charge in [-0.1, -0.05) is 26.0 Å². The molecule has 0 bridgehead atoms. The van der Waals surface area contributed by atoms with Gasteiger partial charge < -0.3 is 4.98 Å². The van der Waals surface area contributed by atoms with Gasteiger partial charge in [0.1, 0.15) is 5.82 Å². The Hall–Kier alpha value is -1.90. The van der Waals surface area contributed by atoms with Crippen LogP contribution >= 0.6 is 0 Å². The van der Waals surface area contributed by atoms with Crippen molar-refractivity contribution in [1.29, 1.82) is 0 Å². The fraction of sp³-hybridized carbons (Fsp3) is 0.286. The van der Waals surface area contributed by atoms with E-state index in [-0.39, 0.29) is 11.2 Å². The third kappa shape index (κ3) is 1.58. The van der Waals surface area contributed by atoms with E-state index in [0.29, 0.717) is 6.42 Å². The summed E-state index contributed by atoms with van der Waals surface area (Å²) >= 11 is 0. The number of rotatable bonds is 1. The fourth-order valence-electron chi connectivity index (χ4n) is 2.41. The Labute approximate surface area is 99.6 Å². The minimum atomic E-state index is -0.120. The molecule has 3 heteroatoms. The molecule has 0 spiro atoms. The summed E-state index contributed by atoms with van der Waals surface area (Å²) in [5.74, 6) is 1.01. The molecule has 0 saturated heterocycles. The Morgan fingerprint density at radius 3 is 2.71 bits per heavy atom. The molecule has 1 aliphatic rings. The Morgan fingerprint density at radius 1 is 1.29 bits per heavy atom. The summed E-state index contributed by atoms with van der Waals surface area (Å²) in [4.78, 5) is 19.4. The van der Waals surface area contributed by atoms with Crippen LogP contribution in [-0.4, -0.2) is 15.8 Å². The van der Waals surface area contributed by atoms with Gasteiger partial charge in [0.15, 0.2) is 5.78 Å². The highest BCUT2D eigenvalue weighted by molar-refractivity contribution is 6.03. The number of carbonyl (C=O) groups excluding carboxylic acids is 1. The molecule has 1 aliphatic carbocycles. The second kappa shape index (κ2) is 3.29. The third-order valence-electron chi connectivity index (χ3n) is 3.30. The van der Waals surface area contributed by atoms with Crippen LogP contribution in [0.3, 0.4) is 0 Å². The Balaban J connectivity index is 2.16. The van der Waals surface area contributed by atoms with Crippen molar-refractivity contribution in [3.8, 4) is 0 Å². The van der Waals surface area contributed by atoms with Crippen molar-refractivity contribution >= 4 is 22.4 Å². The highest BCUT2D eigenvalue weighted by atomic mass is 16.1. The molecule has 0 atom stereocenters. The maximum atomic E-state index is 11.5. The number of aromatic nitrogens is 2. The maximum Gasteiger partial charge on any atom is 0.156 e. The van der Waals surface area contributed by atoms with Crippen molar-refractivity contribution in [3.05, 3.63) is 36.2 Å². The number of nitrogens with one attached hydrogen (secondary N) is 1. The molecule has 0 radical (unpaired) electrons. The highest BCUT2D eigenvalue weighted by Gasteiger charge is 2.34. The molecule has 0 fully saturated rings. The molecule has 2 aromatic rings. The van der Waals surface area contributed by atoms with Crippen LogP contribution in [0.1, 0.15) is 26.1 Å². The number of carbonyl (C=O) groups is 1. The number of ketones is 1. The van der Waals surface area contributed by atoms with E-state index in [9.17, 15) is 4.79 Å². The van der Waals surface area contributed by atoms with Gasteiger partial charge in [0.05, 0.1) is 11.0 Å². The van der Waals surface area contributed by atoms with Crippen molar-refractivity contribution < 1.29 is 4.79 Å². The number of benzene rings is 1. The first-order chi connectivity index (χ1) is 8.06. The minimum absolute atomic E-state index is 0.120. The monoisotopic (exact) mass is 226 g/mol. The zero-order chi connectivity index (χ0) is 12.0. The number of hydrogen-bond donors (Lipinski definition) is 1. The third-order valence-corrected chi connectivity index (χ3v) is 3.30. The van der Waals surface area contributed by atoms with Crippen molar-refractivity contribution in [2.75, 3.05) is 0 Å². The van der Waals surface area contributed by atoms with Gasteiger partial charge in [-0.15, -0.1) is 0 Å². The number of para-hydroxylation sites is 2. The molecular weight excluding hydrogens is 212 g/mol. The van der Waals surface area contributed by atoms with Crippen molar-refractivity contribution in [2.24, 2.45) is 5.41 Å². The van der Waals surface area contributed by atoms with Gasteiger partial charge in [-0.25, -0.2) is 4.98 Å². The normalized spacial score (nSPS) is 18.7. The Kier molecular flexibility index (Phi) is 1.99. The number of fused-ring (bicyclic) bond motifs is 1. The van der Waals surface area contributed by atoms with Crippen LogP contribution in [0.25, 0.3) is 16.6 Å². The van der Waals surface area contributed by atoms with Crippen molar-refractivity contribution in [3.63, 3.8) is 0 Å². The molecule has 86 valence electrons. The molecule has 0 amide bonds. The maximum absolute atomic E-state index is 11.5. The van der Waals surface area contributed by atoms with Gasteiger partial charge in [-0.05, 0) is 18.2 Å². The van der Waals surface area contributed by atoms with Gasteiger partial charge in [-0.3, -0.25) is 4.79 Å². The summed E-state index contributed by atoms with van der Waals surface area (Å²) in [7, 11) is 0. The number of hydrogen-bond acceptors (Lipinski definition) is 2. The first-order valence-corrected chi connectivity index (χ1v) is 5.76. The first-order valence-electron chi connectivity index (χ1n) is 5.76. The highest BCUT2D eigenvalue weighted by Crippen LogP contribution is 2.41. The van der Waals surface area contributed by atoms with Gasteiger partial charge in [0, 0.05) is 17.4 Å². The molecule has 0 unspecified atom stereocenters. The lowest BCUT2D eigenvalue weighted by Gasteiger charge is -2.19.